The van der Waals surface area contributed by atoms with Crippen LogP contribution < -0.4 is 14.8 Å². The Morgan fingerprint density at radius 3 is 2.29 bits per heavy atom. The van der Waals surface area contributed by atoms with Gasteiger partial charge in [0.15, 0.2) is 6.10 Å². The first-order valence-corrected chi connectivity index (χ1v) is 8.28. The van der Waals surface area contributed by atoms with Crippen molar-refractivity contribution in [2.24, 2.45) is 0 Å². The molecule has 1 N–H and O–H groups in total. The standard InChI is InChI=1S/C20H25NO3/c1-5-13-23-18-11-9-17(10-12-18)21-20(22)16(4)24-19-14(2)7-6-8-15(19)3/h6-12,16H,5,13H2,1-4H3,(H,21,22)/t16-/m1/s1. The quantitative estimate of drug-likeness (QED) is 0.814. The van der Waals surface area contributed by atoms with Crippen molar-refractivity contribution >= 4 is 11.6 Å². The van der Waals surface area contributed by atoms with Crippen molar-refractivity contribution in [3.63, 3.8) is 0 Å². The van der Waals surface area contributed by atoms with Gasteiger partial charge in [0.25, 0.3) is 5.91 Å². The van der Waals surface area contributed by atoms with E-state index in [-0.39, 0.29) is 5.91 Å². The predicted octanol–water partition coefficient (Wildman–Crippen LogP) is 4.50. The molecule has 2 aromatic carbocycles. The summed E-state index contributed by atoms with van der Waals surface area (Å²) in [5, 5.41) is 2.86. The second-order valence-corrected chi connectivity index (χ2v) is 5.84. The van der Waals surface area contributed by atoms with Crippen LogP contribution in [-0.4, -0.2) is 18.6 Å². The molecule has 0 heterocycles. The number of nitrogens with one attached hydrogen (secondary N) is 1. The average molecular weight is 327 g/mol. The van der Waals surface area contributed by atoms with Gasteiger partial charge in [-0.2, -0.15) is 0 Å². The van der Waals surface area contributed by atoms with Crippen LogP contribution in [-0.2, 0) is 4.79 Å². The third-order valence-electron chi connectivity index (χ3n) is 3.67. The van der Waals surface area contributed by atoms with E-state index < -0.39 is 6.10 Å². The average Bonchev–Trinajstić information content (AvgIpc) is 2.57. The van der Waals surface area contributed by atoms with Crippen LogP contribution in [0.1, 0.15) is 31.4 Å². The Labute approximate surface area is 143 Å². The lowest BCUT2D eigenvalue weighted by molar-refractivity contribution is -0.122. The fourth-order valence-corrected chi connectivity index (χ4v) is 2.31. The monoisotopic (exact) mass is 327 g/mol. The second-order valence-electron chi connectivity index (χ2n) is 5.84. The highest BCUT2D eigenvalue weighted by Gasteiger charge is 2.17. The van der Waals surface area contributed by atoms with Crippen molar-refractivity contribution in [1.29, 1.82) is 0 Å². The molecule has 2 aromatic rings. The highest BCUT2D eigenvalue weighted by atomic mass is 16.5. The van der Waals surface area contributed by atoms with E-state index in [4.69, 9.17) is 9.47 Å². The van der Waals surface area contributed by atoms with Gasteiger partial charge in [-0.3, -0.25) is 4.79 Å². The van der Waals surface area contributed by atoms with E-state index in [1.807, 2.05) is 56.3 Å². The summed E-state index contributed by atoms with van der Waals surface area (Å²) in [4.78, 5) is 12.3. The number of benzene rings is 2. The van der Waals surface area contributed by atoms with Gasteiger partial charge in [0, 0.05) is 5.69 Å². The molecule has 128 valence electrons. The van der Waals surface area contributed by atoms with Gasteiger partial charge < -0.3 is 14.8 Å². The van der Waals surface area contributed by atoms with Gasteiger partial charge in [-0.1, -0.05) is 25.1 Å². The number of anilines is 1. The summed E-state index contributed by atoms with van der Waals surface area (Å²) in [6.07, 6.45) is 0.381. The van der Waals surface area contributed by atoms with Gasteiger partial charge in [-0.25, -0.2) is 0 Å². The third-order valence-corrected chi connectivity index (χ3v) is 3.67. The zero-order valence-corrected chi connectivity index (χ0v) is 14.8. The molecule has 1 atom stereocenters. The minimum absolute atomic E-state index is 0.181. The van der Waals surface area contributed by atoms with Crippen LogP contribution in [0.5, 0.6) is 11.5 Å². The zero-order chi connectivity index (χ0) is 17.5. The number of aryl methyl sites for hydroxylation is 2. The Hall–Kier alpha value is -2.49. The van der Waals surface area contributed by atoms with E-state index >= 15 is 0 Å². The molecule has 4 nitrogen and oxygen atoms in total. The maximum absolute atomic E-state index is 12.3. The normalized spacial score (nSPS) is 11.7. The van der Waals surface area contributed by atoms with Gasteiger partial charge in [0.05, 0.1) is 6.61 Å². The third kappa shape index (κ3) is 4.75. The largest absolute Gasteiger partial charge is 0.494 e. The van der Waals surface area contributed by atoms with Gasteiger partial charge >= 0.3 is 0 Å². The maximum Gasteiger partial charge on any atom is 0.265 e. The van der Waals surface area contributed by atoms with Crippen molar-refractivity contribution in [3.8, 4) is 11.5 Å². The molecule has 2 rings (SSSR count). The second kappa shape index (κ2) is 8.39. The summed E-state index contributed by atoms with van der Waals surface area (Å²) in [5.41, 5.74) is 2.76. The molecular weight excluding hydrogens is 302 g/mol. The summed E-state index contributed by atoms with van der Waals surface area (Å²) >= 11 is 0. The van der Waals surface area contributed by atoms with Crippen LogP contribution in [0.3, 0.4) is 0 Å². The minimum atomic E-state index is -0.583. The Morgan fingerprint density at radius 1 is 1.08 bits per heavy atom. The SMILES string of the molecule is CCCOc1ccc(NC(=O)[C@@H](C)Oc2c(C)cccc2C)cc1. The Kier molecular flexibility index (Phi) is 6.24. The lowest BCUT2D eigenvalue weighted by Gasteiger charge is -2.18. The summed E-state index contributed by atoms with van der Waals surface area (Å²) in [6.45, 7) is 8.45. The fraction of sp³-hybridized carbons (Fsp3) is 0.350. The molecule has 0 aliphatic rings. The first-order valence-electron chi connectivity index (χ1n) is 8.28. The lowest BCUT2D eigenvalue weighted by Crippen LogP contribution is -2.30. The molecule has 24 heavy (non-hydrogen) atoms. The smallest absolute Gasteiger partial charge is 0.265 e. The molecule has 0 aromatic heterocycles. The molecule has 0 spiro atoms. The van der Waals surface area contributed by atoms with Gasteiger partial charge in [-0.15, -0.1) is 0 Å². The number of carbonyl (C=O) groups excluding carboxylic acids is 1. The highest BCUT2D eigenvalue weighted by molar-refractivity contribution is 5.94. The van der Waals surface area contributed by atoms with Crippen LogP contribution in [0, 0.1) is 13.8 Å². The fourth-order valence-electron chi connectivity index (χ4n) is 2.31. The summed E-state index contributed by atoms with van der Waals surface area (Å²) in [7, 11) is 0. The first kappa shape index (κ1) is 17.9. The van der Waals surface area contributed by atoms with E-state index in [0.717, 1.165) is 34.7 Å². The minimum Gasteiger partial charge on any atom is -0.494 e. The van der Waals surface area contributed by atoms with Crippen LogP contribution in [0.4, 0.5) is 5.69 Å². The lowest BCUT2D eigenvalue weighted by atomic mass is 10.1. The molecule has 0 aliphatic carbocycles. The molecule has 0 aliphatic heterocycles. The van der Waals surface area contributed by atoms with Gasteiger partial charge in [0.2, 0.25) is 0 Å². The molecule has 0 unspecified atom stereocenters. The molecular formula is C20H25NO3. The summed E-state index contributed by atoms with van der Waals surface area (Å²) < 4.78 is 11.4. The Morgan fingerprint density at radius 2 is 1.71 bits per heavy atom. The molecule has 0 saturated carbocycles. The topological polar surface area (TPSA) is 47.6 Å². The molecule has 4 heteroatoms. The molecule has 0 saturated heterocycles. The number of para-hydroxylation sites is 1. The van der Waals surface area contributed by atoms with Gasteiger partial charge in [-0.05, 0) is 62.6 Å². The van der Waals surface area contributed by atoms with Crippen LogP contribution >= 0.6 is 0 Å². The van der Waals surface area contributed by atoms with Crippen molar-refractivity contribution in [3.05, 3.63) is 53.6 Å². The summed E-state index contributed by atoms with van der Waals surface area (Å²) in [5.74, 6) is 1.39. The molecule has 0 radical (unpaired) electrons. The molecule has 1 amide bonds. The van der Waals surface area contributed by atoms with E-state index in [0.29, 0.717) is 6.61 Å². The summed E-state index contributed by atoms with van der Waals surface area (Å²) in [6, 6.07) is 13.3. The number of rotatable bonds is 7. The Bertz CT molecular complexity index is 660. The Balaban J connectivity index is 1.96. The van der Waals surface area contributed by atoms with Crippen molar-refractivity contribution in [1.82, 2.24) is 0 Å². The number of hydrogen-bond acceptors (Lipinski definition) is 3. The van der Waals surface area contributed by atoms with Crippen LogP contribution in [0.15, 0.2) is 42.5 Å². The number of ether oxygens (including phenoxy) is 2. The van der Waals surface area contributed by atoms with E-state index in [2.05, 4.69) is 12.2 Å². The molecule has 0 fully saturated rings. The number of amides is 1. The van der Waals surface area contributed by atoms with Crippen molar-refractivity contribution in [2.45, 2.75) is 40.2 Å². The van der Waals surface area contributed by atoms with Crippen molar-refractivity contribution in [2.75, 3.05) is 11.9 Å². The molecule has 0 bridgehead atoms. The number of hydrogen-bond donors (Lipinski definition) is 1. The van der Waals surface area contributed by atoms with Crippen LogP contribution in [0.25, 0.3) is 0 Å². The highest BCUT2D eigenvalue weighted by Crippen LogP contribution is 2.24. The zero-order valence-electron chi connectivity index (χ0n) is 14.8. The van der Waals surface area contributed by atoms with Crippen LogP contribution in [0.2, 0.25) is 0 Å². The number of carbonyl (C=O) groups is 1. The van der Waals surface area contributed by atoms with Crippen molar-refractivity contribution < 1.29 is 14.3 Å². The first-order chi connectivity index (χ1) is 11.5. The maximum atomic E-state index is 12.3. The van der Waals surface area contributed by atoms with Gasteiger partial charge in [0.1, 0.15) is 11.5 Å². The van der Waals surface area contributed by atoms with E-state index in [9.17, 15) is 4.79 Å². The van der Waals surface area contributed by atoms with E-state index in [1.54, 1.807) is 6.92 Å². The predicted molar refractivity (Wildman–Crippen MR) is 96.9 cm³/mol. The van der Waals surface area contributed by atoms with E-state index in [1.165, 1.54) is 0 Å².